The number of aromatic nitrogens is 2. The maximum Gasteiger partial charge on any atom is 0.270 e. The van der Waals surface area contributed by atoms with Gasteiger partial charge >= 0.3 is 0 Å². The second kappa shape index (κ2) is 8.31. The fraction of sp³-hybridized carbons (Fsp3) is 0.261. The van der Waals surface area contributed by atoms with Gasteiger partial charge in [0.05, 0.1) is 7.11 Å². The largest absolute Gasteiger partial charge is 0.497 e. The highest BCUT2D eigenvalue weighted by molar-refractivity contribution is 5.92. The summed E-state index contributed by atoms with van der Waals surface area (Å²) in [6.07, 6.45) is 3.33. The molecule has 0 spiro atoms. The number of amides is 1. The molecule has 29 heavy (non-hydrogen) atoms. The van der Waals surface area contributed by atoms with Gasteiger partial charge in [0.1, 0.15) is 11.4 Å². The lowest BCUT2D eigenvalue weighted by atomic mass is 10.1. The van der Waals surface area contributed by atoms with Crippen molar-refractivity contribution in [3.63, 3.8) is 0 Å². The first-order valence-corrected chi connectivity index (χ1v) is 9.77. The Balaban J connectivity index is 1.42. The van der Waals surface area contributed by atoms with Crippen LogP contribution in [0.4, 0.5) is 11.6 Å². The first-order chi connectivity index (χ1) is 14.2. The third kappa shape index (κ3) is 4.06. The number of nitrogens with zero attached hydrogens (tertiary/aromatic N) is 3. The van der Waals surface area contributed by atoms with Crippen molar-refractivity contribution in [2.24, 2.45) is 0 Å². The van der Waals surface area contributed by atoms with Crippen LogP contribution in [0.2, 0.25) is 0 Å². The predicted molar refractivity (Wildman–Crippen MR) is 113 cm³/mol. The summed E-state index contributed by atoms with van der Waals surface area (Å²) in [5.74, 6) is 1.19. The summed E-state index contributed by atoms with van der Waals surface area (Å²) in [7, 11) is 1.65. The van der Waals surface area contributed by atoms with Gasteiger partial charge in [-0.2, -0.15) is 0 Å². The summed E-state index contributed by atoms with van der Waals surface area (Å²) in [5.41, 5.74) is 3.90. The van der Waals surface area contributed by atoms with Gasteiger partial charge in [0, 0.05) is 24.5 Å². The van der Waals surface area contributed by atoms with Crippen molar-refractivity contribution < 1.29 is 9.53 Å². The van der Waals surface area contributed by atoms with E-state index in [1.54, 1.807) is 19.4 Å². The van der Waals surface area contributed by atoms with Crippen LogP contribution < -0.4 is 15.0 Å². The van der Waals surface area contributed by atoms with Crippen molar-refractivity contribution in [1.29, 1.82) is 0 Å². The SMILES string of the molecule is COc1ccc(CCNC(=O)c2ccnc(N3c4ccccc4CC3C)n2)cc1. The number of nitrogens with one attached hydrogen (secondary N) is 1. The van der Waals surface area contributed by atoms with E-state index < -0.39 is 0 Å². The molecule has 0 saturated carbocycles. The maximum atomic E-state index is 12.6. The van der Waals surface area contributed by atoms with Gasteiger partial charge in [-0.15, -0.1) is 0 Å². The van der Waals surface area contributed by atoms with Crippen LogP contribution in [0.3, 0.4) is 0 Å². The lowest BCUT2D eigenvalue weighted by Gasteiger charge is -2.22. The lowest BCUT2D eigenvalue weighted by Crippen LogP contribution is -2.29. The Hall–Kier alpha value is -3.41. The quantitative estimate of drug-likeness (QED) is 0.700. The van der Waals surface area contributed by atoms with Crippen LogP contribution in [0.15, 0.2) is 60.8 Å². The predicted octanol–water partition coefficient (Wildman–Crippen LogP) is 3.54. The minimum absolute atomic E-state index is 0.192. The summed E-state index contributed by atoms with van der Waals surface area (Å²) in [6.45, 7) is 2.68. The third-order valence-corrected chi connectivity index (χ3v) is 5.16. The minimum atomic E-state index is -0.192. The third-order valence-electron chi connectivity index (χ3n) is 5.16. The summed E-state index contributed by atoms with van der Waals surface area (Å²) >= 11 is 0. The highest BCUT2D eigenvalue weighted by Gasteiger charge is 2.29. The molecular weight excluding hydrogens is 364 g/mol. The molecule has 1 amide bonds. The molecule has 1 aromatic heterocycles. The van der Waals surface area contributed by atoms with E-state index in [0.717, 1.165) is 29.8 Å². The van der Waals surface area contributed by atoms with Gasteiger partial charge < -0.3 is 15.0 Å². The number of rotatable bonds is 6. The summed E-state index contributed by atoms with van der Waals surface area (Å²) in [4.78, 5) is 23.6. The average molecular weight is 388 g/mol. The summed E-state index contributed by atoms with van der Waals surface area (Å²) in [5, 5.41) is 2.95. The van der Waals surface area contributed by atoms with Crippen LogP contribution in [-0.4, -0.2) is 35.6 Å². The molecule has 2 heterocycles. The number of para-hydroxylation sites is 1. The van der Waals surface area contributed by atoms with E-state index in [2.05, 4.69) is 39.2 Å². The molecule has 0 radical (unpaired) electrons. The Bertz CT molecular complexity index is 1000. The van der Waals surface area contributed by atoms with E-state index in [1.807, 2.05) is 36.4 Å². The van der Waals surface area contributed by atoms with Crippen molar-refractivity contribution in [1.82, 2.24) is 15.3 Å². The van der Waals surface area contributed by atoms with Gasteiger partial charge in [-0.3, -0.25) is 4.79 Å². The Kier molecular flexibility index (Phi) is 5.42. The van der Waals surface area contributed by atoms with E-state index >= 15 is 0 Å². The molecule has 4 rings (SSSR count). The van der Waals surface area contributed by atoms with Crippen LogP contribution in [0.25, 0.3) is 0 Å². The van der Waals surface area contributed by atoms with Crippen LogP contribution in [0.1, 0.15) is 28.5 Å². The van der Waals surface area contributed by atoms with Crippen LogP contribution in [0, 0.1) is 0 Å². The molecular formula is C23H24N4O2. The fourth-order valence-electron chi connectivity index (χ4n) is 3.66. The Labute approximate surface area is 170 Å². The number of ether oxygens (including phenoxy) is 1. The number of hydrogen-bond acceptors (Lipinski definition) is 5. The van der Waals surface area contributed by atoms with E-state index in [4.69, 9.17) is 4.74 Å². The monoisotopic (exact) mass is 388 g/mol. The van der Waals surface area contributed by atoms with Crippen LogP contribution in [0.5, 0.6) is 5.75 Å². The number of benzene rings is 2. The molecule has 6 nitrogen and oxygen atoms in total. The molecule has 3 aromatic rings. The molecule has 1 unspecified atom stereocenters. The summed E-state index contributed by atoms with van der Waals surface area (Å²) < 4.78 is 5.16. The first kappa shape index (κ1) is 18.9. The zero-order valence-electron chi connectivity index (χ0n) is 16.6. The molecule has 6 heteroatoms. The smallest absolute Gasteiger partial charge is 0.270 e. The Morgan fingerprint density at radius 2 is 1.97 bits per heavy atom. The lowest BCUT2D eigenvalue weighted by molar-refractivity contribution is 0.0949. The van der Waals surface area contributed by atoms with E-state index in [-0.39, 0.29) is 11.9 Å². The minimum Gasteiger partial charge on any atom is -0.497 e. The average Bonchev–Trinajstić information content (AvgIpc) is 3.10. The highest BCUT2D eigenvalue weighted by Crippen LogP contribution is 2.36. The zero-order valence-corrected chi connectivity index (χ0v) is 16.6. The molecule has 0 aliphatic carbocycles. The second-order valence-electron chi connectivity index (χ2n) is 7.15. The number of fused-ring (bicyclic) bond motifs is 1. The number of carbonyl (C=O) groups excluding carboxylic acids is 1. The van der Waals surface area contributed by atoms with Gasteiger partial charge in [-0.05, 0) is 55.2 Å². The number of hydrogen-bond donors (Lipinski definition) is 1. The number of anilines is 2. The molecule has 1 N–H and O–H groups in total. The maximum absolute atomic E-state index is 12.6. The van der Waals surface area contributed by atoms with E-state index in [0.29, 0.717) is 18.2 Å². The molecule has 2 aromatic carbocycles. The molecule has 148 valence electrons. The van der Waals surface area contributed by atoms with E-state index in [9.17, 15) is 4.79 Å². The highest BCUT2D eigenvalue weighted by atomic mass is 16.5. The number of methoxy groups -OCH3 is 1. The molecule has 1 atom stereocenters. The van der Waals surface area contributed by atoms with E-state index in [1.165, 1.54) is 5.56 Å². The number of carbonyl (C=O) groups is 1. The molecule has 0 fully saturated rings. The zero-order chi connectivity index (χ0) is 20.2. The molecule has 1 aliphatic rings. The molecule has 0 bridgehead atoms. The van der Waals surface area contributed by atoms with Crippen molar-refractivity contribution in [3.8, 4) is 5.75 Å². The van der Waals surface area contributed by atoms with Gasteiger partial charge in [-0.1, -0.05) is 30.3 Å². The van der Waals surface area contributed by atoms with Crippen LogP contribution >= 0.6 is 0 Å². The Morgan fingerprint density at radius 1 is 1.17 bits per heavy atom. The molecule has 1 aliphatic heterocycles. The standard InChI is InChI=1S/C23H24N4O2/c1-16-15-18-5-3-4-6-21(18)27(16)23-25-14-12-20(26-23)22(28)24-13-11-17-7-9-19(29-2)10-8-17/h3-10,12,14,16H,11,13,15H2,1-2H3,(H,24,28). The molecule has 0 saturated heterocycles. The van der Waals surface area contributed by atoms with Gasteiger partial charge in [0.2, 0.25) is 5.95 Å². The van der Waals surface area contributed by atoms with Crippen molar-refractivity contribution in [3.05, 3.63) is 77.6 Å². The first-order valence-electron chi connectivity index (χ1n) is 9.77. The van der Waals surface area contributed by atoms with Gasteiger partial charge in [-0.25, -0.2) is 9.97 Å². The van der Waals surface area contributed by atoms with Gasteiger partial charge in [0.15, 0.2) is 0 Å². The normalized spacial score (nSPS) is 15.1. The topological polar surface area (TPSA) is 67.3 Å². The Morgan fingerprint density at radius 3 is 2.76 bits per heavy atom. The van der Waals surface area contributed by atoms with Crippen LogP contribution in [-0.2, 0) is 12.8 Å². The second-order valence-corrected chi connectivity index (χ2v) is 7.15. The summed E-state index contributed by atoms with van der Waals surface area (Å²) in [6, 6.07) is 18.0. The fourth-order valence-corrected chi connectivity index (χ4v) is 3.66. The van der Waals surface area contributed by atoms with Crippen molar-refractivity contribution in [2.75, 3.05) is 18.6 Å². The van der Waals surface area contributed by atoms with Gasteiger partial charge in [0.25, 0.3) is 5.91 Å². The van der Waals surface area contributed by atoms with Crippen molar-refractivity contribution in [2.45, 2.75) is 25.8 Å². The van der Waals surface area contributed by atoms with Crippen molar-refractivity contribution >= 4 is 17.5 Å².